The van der Waals surface area contributed by atoms with E-state index in [0.29, 0.717) is 22.9 Å². The van der Waals surface area contributed by atoms with Crippen molar-refractivity contribution in [3.05, 3.63) is 84.0 Å². The number of nitrogens with one attached hydrogen (secondary N) is 2. The SMILES string of the molecule is N[N+]12C=CN=CC1=C(C1CC1)N=C2C(=O)Nc1cccc(CNS(=O)(=O)c2ccccc2)c1. The van der Waals surface area contributed by atoms with E-state index in [0.717, 1.165) is 18.5 Å². The predicted molar refractivity (Wildman–Crippen MR) is 125 cm³/mol. The standard InChI is InChI=1S/C23H22N6O3S/c24-29-12-11-25-15-20(29)21(17-9-10-17)28-22(29)23(30)27-18-6-4-5-16(13-18)14-26-33(31,32)19-7-2-1-3-8-19/h1-8,11-13,15,17,26H,9-10,14,24H2/p+1. The van der Waals surface area contributed by atoms with Crippen LogP contribution in [-0.2, 0) is 21.4 Å². The molecule has 3 aliphatic rings. The number of nitrogens with zero attached hydrogens (tertiary/aromatic N) is 3. The zero-order valence-electron chi connectivity index (χ0n) is 17.7. The number of nitrogens with two attached hydrogens (primary N) is 1. The van der Waals surface area contributed by atoms with E-state index in [1.54, 1.807) is 61.1 Å². The second-order valence-electron chi connectivity index (χ2n) is 8.13. The fourth-order valence-electron chi connectivity index (χ4n) is 3.81. The van der Waals surface area contributed by atoms with E-state index in [-0.39, 0.29) is 21.9 Å². The third-order valence-corrected chi connectivity index (χ3v) is 7.11. The highest BCUT2D eigenvalue weighted by Gasteiger charge is 2.50. The molecular weight excluding hydrogens is 440 g/mol. The van der Waals surface area contributed by atoms with E-state index in [4.69, 9.17) is 5.84 Å². The minimum absolute atomic E-state index is 0.0789. The van der Waals surface area contributed by atoms with Crippen molar-refractivity contribution in [2.75, 3.05) is 5.32 Å². The van der Waals surface area contributed by atoms with Gasteiger partial charge in [-0.15, -0.1) is 4.59 Å². The summed E-state index contributed by atoms with van der Waals surface area (Å²) in [5, 5.41) is 2.84. The molecule has 1 atom stereocenters. The molecule has 5 rings (SSSR count). The van der Waals surface area contributed by atoms with Crippen LogP contribution in [0.3, 0.4) is 0 Å². The average molecular weight is 464 g/mol. The van der Waals surface area contributed by atoms with Crippen molar-refractivity contribution in [3.8, 4) is 0 Å². The van der Waals surface area contributed by atoms with Gasteiger partial charge in [-0.05, 0) is 42.7 Å². The predicted octanol–water partition coefficient (Wildman–Crippen LogP) is 2.38. The normalized spacial score (nSPS) is 21.7. The molecule has 0 bridgehead atoms. The molecule has 2 aromatic rings. The molecule has 168 valence electrons. The Morgan fingerprint density at radius 1 is 1.12 bits per heavy atom. The quantitative estimate of drug-likeness (QED) is 0.430. The Morgan fingerprint density at radius 3 is 2.67 bits per heavy atom. The first-order valence-electron chi connectivity index (χ1n) is 10.5. The zero-order chi connectivity index (χ0) is 23.1. The number of amides is 1. The van der Waals surface area contributed by atoms with Crippen LogP contribution in [0.5, 0.6) is 0 Å². The number of anilines is 1. The number of aliphatic imine (C=N–C) groups is 2. The van der Waals surface area contributed by atoms with E-state index in [1.165, 1.54) is 12.1 Å². The first-order chi connectivity index (χ1) is 15.9. The lowest BCUT2D eigenvalue weighted by Crippen LogP contribution is -2.56. The third-order valence-electron chi connectivity index (χ3n) is 5.69. The molecule has 2 aliphatic heterocycles. The Kier molecular flexibility index (Phi) is 5.29. The maximum Gasteiger partial charge on any atom is 0.333 e. The van der Waals surface area contributed by atoms with Gasteiger partial charge in [0.2, 0.25) is 15.7 Å². The van der Waals surface area contributed by atoms with Crippen LogP contribution in [0.25, 0.3) is 0 Å². The molecule has 1 saturated carbocycles. The maximum atomic E-state index is 13.1. The van der Waals surface area contributed by atoms with Gasteiger partial charge in [0, 0.05) is 18.2 Å². The summed E-state index contributed by atoms with van der Waals surface area (Å²) < 4.78 is 27.2. The monoisotopic (exact) mass is 463 g/mol. The Balaban J connectivity index is 1.30. The molecule has 1 amide bonds. The second kappa shape index (κ2) is 8.16. The van der Waals surface area contributed by atoms with E-state index >= 15 is 0 Å². The number of allylic oxidation sites excluding steroid dienone is 2. The average Bonchev–Trinajstić information content (AvgIpc) is 3.60. The molecule has 0 spiro atoms. The Labute approximate surface area is 191 Å². The van der Waals surface area contributed by atoms with Gasteiger partial charge in [-0.2, -0.15) is 10.8 Å². The number of amidine groups is 1. The summed E-state index contributed by atoms with van der Waals surface area (Å²) in [5.41, 5.74) is 2.75. The Bertz CT molecular complexity index is 1340. The van der Waals surface area contributed by atoms with Crippen molar-refractivity contribution in [2.45, 2.75) is 24.3 Å². The molecule has 0 aromatic heterocycles. The van der Waals surface area contributed by atoms with Crippen molar-refractivity contribution in [1.29, 1.82) is 0 Å². The lowest BCUT2D eigenvalue weighted by molar-refractivity contribution is -0.749. The smallest absolute Gasteiger partial charge is 0.316 e. The first kappa shape index (κ1) is 21.4. The van der Waals surface area contributed by atoms with Crippen molar-refractivity contribution >= 4 is 33.7 Å². The molecular formula is C23H23N6O3S+. The molecule has 2 aromatic carbocycles. The fraction of sp³-hybridized carbons (Fsp3) is 0.174. The summed E-state index contributed by atoms with van der Waals surface area (Å²) in [7, 11) is -3.64. The van der Waals surface area contributed by atoms with E-state index < -0.39 is 15.9 Å². The number of carbonyl (C=O) groups is 1. The van der Waals surface area contributed by atoms with Crippen LogP contribution in [0.2, 0.25) is 0 Å². The number of quaternary nitrogens is 1. The minimum atomic E-state index is -3.64. The highest BCUT2D eigenvalue weighted by molar-refractivity contribution is 7.89. The van der Waals surface area contributed by atoms with Crippen LogP contribution in [-0.4, -0.2) is 31.0 Å². The molecule has 1 fully saturated rings. The van der Waals surface area contributed by atoms with Crippen LogP contribution in [0.1, 0.15) is 18.4 Å². The van der Waals surface area contributed by atoms with Gasteiger partial charge in [0.15, 0.2) is 0 Å². The third kappa shape index (κ3) is 4.16. The van der Waals surface area contributed by atoms with E-state index in [9.17, 15) is 13.2 Å². The summed E-state index contributed by atoms with van der Waals surface area (Å²) in [5.74, 6) is 6.59. The fourth-order valence-corrected chi connectivity index (χ4v) is 4.85. The number of hydrogen-bond acceptors (Lipinski definition) is 6. The lowest BCUT2D eigenvalue weighted by Gasteiger charge is -2.25. The minimum Gasteiger partial charge on any atom is -0.316 e. The topological polar surface area (TPSA) is 126 Å². The van der Waals surface area contributed by atoms with Crippen LogP contribution < -0.4 is 15.9 Å². The number of carbonyl (C=O) groups excluding carboxylic acids is 1. The first-order valence-corrected chi connectivity index (χ1v) is 12.0. The lowest BCUT2D eigenvalue weighted by atomic mass is 10.2. The molecule has 33 heavy (non-hydrogen) atoms. The molecule has 1 unspecified atom stereocenters. The van der Waals surface area contributed by atoms with E-state index in [2.05, 4.69) is 20.0 Å². The highest BCUT2D eigenvalue weighted by Crippen LogP contribution is 2.43. The van der Waals surface area contributed by atoms with Gasteiger partial charge in [0.05, 0.1) is 17.3 Å². The maximum absolute atomic E-state index is 13.1. The van der Waals surface area contributed by atoms with Gasteiger partial charge in [-0.3, -0.25) is 9.79 Å². The molecule has 1 aliphatic carbocycles. The van der Waals surface area contributed by atoms with Crippen LogP contribution in [0, 0.1) is 5.92 Å². The van der Waals surface area contributed by atoms with Gasteiger partial charge < -0.3 is 5.32 Å². The van der Waals surface area contributed by atoms with Crippen molar-refractivity contribution in [3.63, 3.8) is 0 Å². The summed E-state index contributed by atoms with van der Waals surface area (Å²) in [6, 6.07) is 15.1. The number of fused-ring (bicyclic) bond motifs is 1. The summed E-state index contributed by atoms with van der Waals surface area (Å²) in [6.45, 7) is 0.0789. The van der Waals surface area contributed by atoms with Crippen LogP contribution in [0.15, 0.2) is 93.3 Å². The molecule has 0 radical (unpaired) electrons. The Hall–Kier alpha value is -3.44. The van der Waals surface area contributed by atoms with Gasteiger partial charge in [-0.25, -0.2) is 13.1 Å². The second-order valence-corrected chi connectivity index (χ2v) is 9.89. The number of hydrogen-bond donors (Lipinski definition) is 3. The number of rotatable bonds is 7. The summed E-state index contributed by atoms with van der Waals surface area (Å²) in [6.07, 6.45) is 6.90. The van der Waals surface area contributed by atoms with Gasteiger partial charge in [0.1, 0.15) is 11.9 Å². The molecule has 0 saturated heterocycles. The molecule has 10 heteroatoms. The van der Waals surface area contributed by atoms with Gasteiger partial charge >= 0.3 is 11.7 Å². The van der Waals surface area contributed by atoms with Crippen LogP contribution >= 0.6 is 0 Å². The van der Waals surface area contributed by atoms with Crippen molar-refractivity contribution < 1.29 is 17.8 Å². The largest absolute Gasteiger partial charge is 0.333 e. The molecule has 9 nitrogen and oxygen atoms in total. The number of benzene rings is 2. The molecule has 2 heterocycles. The number of sulfonamides is 1. The van der Waals surface area contributed by atoms with Crippen molar-refractivity contribution in [1.82, 2.24) is 4.72 Å². The molecule has 4 N–H and O–H groups in total. The summed E-state index contributed by atoms with van der Waals surface area (Å²) >= 11 is 0. The van der Waals surface area contributed by atoms with Crippen molar-refractivity contribution in [2.24, 2.45) is 21.7 Å². The zero-order valence-corrected chi connectivity index (χ0v) is 18.5. The summed E-state index contributed by atoms with van der Waals surface area (Å²) in [4.78, 5) is 22.1. The highest BCUT2D eigenvalue weighted by atomic mass is 32.2. The Morgan fingerprint density at radius 2 is 1.91 bits per heavy atom. The van der Waals surface area contributed by atoms with Gasteiger partial charge in [0.25, 0.3) is 0 Å². The van der Waals surface area contributed by atoms with E-state index in [1.807, 2.05) is 0 Å². The van der Waals surface area contributed by atoms with Crippen LogP contribution in [0.4, 0.5) is 5.69 Å². The van der Waals surface area contributed by atoms with Gasteiger partial charge in [-0.1, -0.05) is 30.3 Å².